The number of aromatic nitrogens is 1. The van der Waals surface area contributed by atoms with Crippen LogP contribution in [-0.4, -0.2) is 4.98 Å². The number of pyridine rings is 1. The molecule has 2 rings (SSSR count). The average Bonchev–Trinajstić information content (AvgIpc) is 2.32. The second-order valence-corrected chi connectivity index (χ2v) is 3.20. The highest BCUT2D eigenvalue weighted by Crippen LogP contribution is 2.28. The third-order valence-electron chi connectivity index (χ3n) is 2.15. The minimum atomic E-state index is -1.57. The lowest BCUT2D eigenvalue weighted by Gasteiger charge is -2.06. The van der Waals surface area contributed by atoms with E-state index >= 15 is 0 Å². The zero-order valence-corrected chi connectivity index (χ0v) is 8.05. The first kappa shape index (κ1) is 10.5. The predicted octanol–water partition coefficient (Wildman–Crippen LogP) is 2.75. The molecule has 1 heterocycles. The van der Waals surface area contributed by atoms with E-state index in [4.69, 9.17) is 5.73 Å². The molecular weight excluding hydrogens is 217 g/mol. The van der Waals surface area contributed by atoms with Crippen LogP contribution in [0.15, 0.2) is 30.6 Å². The van der Waals surface area contributed by atoms with E-state index < -0.39 is 23.1 Å². The highest BCUT2D eigenvalue weighted by atomic mass is 19.2. The van der Waals surface area contributed by atoms with Gasteiger partial charge in [0.15, 0.2) is 17.5 Å². The van der Waals surface area contributed by atoms with Crippen LogP contribution in [0.5, 0.6) is 0 Å². The molecule has 5 heteroatoms. The SMILES string of the molecule is Nc1cc(-c2cccnc2)c(F)c(F)c1F. The normalized spacial score (nSPS) is 10.4. The number of nitrogen functional groups attached to an aromatic ring is 1. The van der Waals surface area contributed by atoms with Gasteiger partial charge in [-0.05, 0) is 12.1 Å². The third-order valence-corrected chi connectivity index (χ3v) is 2.15. The largest absolute Gasteiger partial charge is 0.396 e. The van der Waals surface area contributed by atoms with E-state index in [9.17, 15) is 13.2 Å². The highest BCUT2D eigenvalue weighted by molar-refractivity contribution is 5.67. The Morgan fingerprint density at radius 2 is 1.81 bits per heavy atom. The van der Waals surface area contributed by atoms with Crippen molar-refractivity contribution < 1.29 is 13.2 Å². The first-order valence-electron chi connectivity index (χ1n) is 4.44. The Labute approximate surface area is 89.5 Å². The number of benzene rings is 1. The van der Waals surface area contributed by atoms with Crippen molar-refractivity contribution in [3.05, 3.63) is 48.0 Å². The maximum Gasteiger partial charge on any atom is 0.197 e. The van der Waals surface area contributed by atoms with Crippen LogP contribution in [0.1, 0.15) is 0 Å². The van der Waals surface area contributed by atoms with E-state index in [0.717, 1.165) is 6.07 Å². The van der Waals surface area contributed by atoms with Gasteiger partial charge < -0.3 is 5.73 Å². The lowest BCUT2D eigenvalue weighted by atomic mass is 10.1. The molecular formula is C11H7F3N2. The number of hydrogen-bond acceptors (Lipinski definition) is 2. The molecule has 0 aliphatic heterocycles. The zero-order valence-electron chi connectivity index (χ0n) is 8.05. The molecule has 0 fully saturated rings. The van der Waals surface area contributed by atoms with Crippen LogP contribution < -0.4 is 5.73 Å². The van der Waals surface area contributed by atoms with Crippen molar-refractivity contribution in [3.63, 3.8) is 0 Å². The van der Waals surface area contributed by atoms with Gasteiger partial charge in [0.05, 0.1) is 5.69 Å². The van der Waals surface area contributed by atoms with E-state index in [-0.39, 0.29) is 5.56 Å². The zero-order chi connectivity index (χ0) is 11.7. The second-order valence-electron chi connectivity index (χ2n) is 3.20. The summed E-state index contributed by atoms with van der Waals surface area (Å²) in [4.78, 5) is 3.76. The van der Waals surface area contributed by atoms with Crippen LogP contribution in [-0.2, 0) is 0 Å². The van der Waals surface area contributed by atoms with Crippen molar-refractivity contribution in [2.45, 2.75) is 0 Å². The summed E-state index contributed by atoms with van der Waals surface area (Å²) in [5.74, 6) is -4.20. The van der Waals surface area contributed by atoms with Crippen LogP contribution in [0, 0.1) is 17.5 Å². The van der Waals surface area contributed by atoms with E-state index in [1.165, 1.54) is 18.5 Å². The Morgan fingerprint density at radius 3 is 2.44 bits per heavy atom. The summed E-state index contributed by atoms with van der Waals surface area (Å²) < 4.78 is 39.4. The lowest BCUT2D eigenvalue weighted by Crippen LogP contribution is -2.00. The number of rotatable bonds is 1. The number of halogens is 3. The van der Waals surface area contributed by atoms with Gasteiger partial charge in [-0.2, -0.15) is 0 Å². The van der Waals surface area contributed by atoms with Crippen molar-refractivity contribution in [3.8, 4) is 11.1 Å². The molecule has 0 radical (unpaired) electrons. The Morgan fingerprint density at radius 1 is 1.06 bits per heavy atom. The molecule has 0 saturated heterocycles. The molecule has 0 unspecified atom stereocenters. The molecule has 0 saturated carbocycles. The molecule has 2 N–H and O–H groups in total. The minimum Gasteiger partial charge on any atom is -0.396 e. The van der Waals surface area contributed by atoms with E-state index in [1.54, 1.807) is 6.07 Å². The molecule has 0 aliphatic rings. The van der Waals surface area contributed by atoms with Gasteiger partial charge in [-0.1, -0.05) is 6.07 Å². The Balaban J connectivity index is 2.68. The molecule has 0 aliphatic carbocycles. The Bertz CT molecular complexity index is 526. The fourth-order valence-electron chi connectivity index (χ4n) is 1.36. The maximum absolute atomic E-state index is 13.4. The average molecular weight is 224 g/mol. The molecule has 82 valence electrons. The summed E-state index contributed by atoms with van der Waals surface area (Å²) in [7, 11) is 0. The van der Waals surface area contributed by atoms with Gasteiger partial charge in [0.1, 0.15) is 0 Å². The van der Waals surface area contributed by atoms with Gasteiger partial charge in [-0.3, -0.25) is 4.98 Å². The van der Waals surface area contributed by atoms with Crippen molar-refractivity contribution in [1.29, 1.82) is 0 Å². The summed E-state index contributed by atoms with van der Waals surface area (Å²) in [6, 6.07) is 4.14. The lowest BCUT2D eigenvalue weighted by molar-refractivity contribution is 0.451. The molecule has 2 nitrogen and oxygen atoms in total. The van der Waals surface area contributed by atoms with E-state index in [0.29, 0.717) is 5.56 Å². The monoisotopic (exact) mass is 224 g/mol. The summed E-state index contributed by atoms with van der Waals surface area (Å²) in [5.41, 5.74) is 5.02. The fraction of sp³-hybridized carbons (Fsp3) is 0. The summed E-state index contributed by atoms with van der Waals surface area (Å²) >= 11 is 0. The number of nitrogens with zero attached hydrogens (tertiary/aromatic N) is 1. The van der Waals surface area contributed by atoms with Gasteiger partial charge in [0.2, 0.25) is 0 Å². The van der Waals surface area contributed by atoms with E-state index in [2.05, 4.69) is 4.98 Å². The van der Waals surface area contributed by atoms with Gasteiger partial charge in [0, 0.05) is 23.5 Å². The van der Waals surface area contributed by atoms with Crippen LogP contribution in [0.4, 0.5) is 18.9 Å². The van der Waals surface area contributed by atoms with Gasteiger partial charge in [-0.15, -0.1) is 0 Å². The maximum atomic E-state index is 13.4. The van der Waals surface area contributed by atoms with E-state index in [1.807, 2.05) is 0 Å². The standard InChI is InChI=1S/C11H7F3N2/c12-9-7(6-2-1-3-16-5-6)4-8(15)10(13)11(9)14/h1-5H,15H2. The van der Waals surface area contributed by atoms with Crippen LogP contribution in [0.3, 0.4) is 0 Å². The predicted molar refractivity (Wildman–Crippen MR) is 54.0 cm³/mol. The first-order chi connectivity index (χ1) is 7.61. The molecule has 0 spiro atoms. The van der Waals surface area contributed by atoms with Gasteiger partial charge in [0.25, 0.3) is 0 Å². The third kappa shape index (κ3) is 1.60. The van der Waals surface area contributed by atoms with Crippen molar-refractivity contribution in [1.82, 2.24) is 4.98 Å². The summed E-state index contributed by atoms with van der Waals surface area (Å²) in [6.45, 7) is 0. The second kappa shape index (κ2) is 3.84. The smallest absolute Gasteiger partial charge is 0.197 e. The molecule has 0 bridgehead atoms. The number of anilines is 1. The van der Waals surface area contributed by atoms with Gasteiger partial charge in [-0.25, -0.2) is 13.2 Å². The molecule has 0 amide bonds. The Kier molecular flexibility index (Phi) is 2.52. The molecule has 16 heavy (non-hydrogen) atoms. The van der Waals surface area contributed by atoms with Crippen LogP contribution in [0.2, 0.25) is 0 Å². The summed E-state index contributed by atoms with van der Waals surface area (Å²) in [5, 5.41) is 0. The molecule has 1 aromatic heterocycles. The fourth-order valence-corrected chi connectivity index (χ4v) is 1.36. The quantitative estimate of drug-likeness (QED) is 0.597. The van der Waals surface area contributed by atoms with Crippen LogP contribution >= 0.6 is 0 Å². The number of nitrogens with two attached hydrogens (primary N) is 1. The highest BCUT2D eigenvalue weighted by Gasteiger charge is 2.17. The molecule has 2 aromatic rings. The van der Waals surface area contributed by atoms with Crippen molar-refractivity contribution >= 4 is 5.69 Å². The number of hydrogen-bond donors (Lipinski definition) is 1. The topological polar surface area (TPSA) is 38.9 Å². The minimum absolute atomic E-state index is 0.107. The first-order valence-corrected chi connectivity index (χ1v) is 4.44. The molecule has 0 atom stereocenters. The van der Waals surface area contributed by atoms with Crippen molar-refractivity contribution in [2.24, 2.45) is 0 Å². The van der Waals surface area contributed by atoms with Gasteiger partial charge >= 0.3 is 0 Å². The van der Waals surface area contributed by atoms with Crippen LogP contribution in [0.25, 0.3) is 11.1 Å². The summed E-state index contributed by atoms with van der Waals surface area (Å²) in [6.07, 6.45) is 2.83. The molecule has 1 aromatic carbocycles. The Hall–Kier alpha value is -2.04. The van der Waals surface area contributed by atoms with Crippen molar-refractivity contribution in [2.75, 3.05) is 5.73 Å².